The summed E-state index contributed by atoms with van der Waals surface area (Å²) in [5.41, 5.74) is 5.79. The highest BCUT2D eigenvalue weighted by molar-refractivity contribution is 7.94. The van der Waals surface area contributed by atoms with E-state index < -0.39 is 14.8 Å². The Morgan fingerprint density at radius 3 is 2.76 bits per heavy atom. The number of aromatic nitrogens is 3. The predicted molar refractivity (Wildman–Crippen MR) is 152 cm³/mol. The molecule has 2 aliphatic rings. The fourth-order valence-corrected chi connectivity index (χ4v) is 5.90. The van der Waals surface area contributed by atoms with E-state index >= 15 is 0 Å². The molecule has 1 unspecified atom stereocenters. The van der Waals surface area contributed by atoms with Crippen LogP contribution in [0.25, 0.3) is 16.7 Å². The lowest BCUT2D eigenvalue weighted by Crippen LogP contribution is -2.48. The van der Waals surface area contributed by atoms with Gasteiger partial charge in [0.25, 0.3) is 0 Å². The summed E-state index contributed by atoms with van der Waals surface area (Å²) in [6.07, 6.45) is 4.76. The van der Waals surface area contributed by atoms with E-state index in [1.807, 2.05) is 35.0 Å². The summed E-state index contributed by atoms with van der Waals surface area (Å²) in [7, 11) is -3.53. The van der Waals surface area contributed by atoms with E-state index in [9.17, 15) is 8.42 Å². The van der Waals surface area contributed by atoms with Gasteiger partial charge >= 0.3 is 0 Å². The second-order valence-corrected chi connectivity index (χ2v) is 13.4. The van der Waals surface area contributed by atoms with Crippen LogP contribution < -0.4 is 15.4 Å². The number of sulfonamides is 1. The van der Waals surface area contributed by atoms with Crippen LogP contribution >= 0.6 is 0 Å². The fraction of sp³-hybridized carbons (Fsp3) is 0.357. The van der Waals surface area contributed by atoms with Gasteiger partial charge in [0.2, 0.25) is 16.0 Å². The SMILES string of the molecule is CC(C)(C)S(=O)(=O)Nc1cccc(-n2ccc3cnc(Nc4ccc5c(c4)CCN4CCNCC54)nc32)c1. The van der Waals surface area contributed by atoms with Crippen LogP contribution in [-0.2, 0) is 16.4 Å². The van der Waals surface area contributed by atoms with Gasteiger partial charge in [-0.25, -0.2) is 13.4 Å². The highest BCUT2D eigenvalue weighted by atomic mass is 32.2. The molecule has 38 heavy (non-hydrogen) atoms. The van der Waals surface area contributed by atoms with Crippen LogP contribution in [0.4, 0.5) is 17.3 Å². The molecular weight excluding hydrogens is 498 g/mol. The molecule has 9 nitrogen and oxygen atoms in total. The minimum absolute atomic E-state index is 0.445. The van der Waals surface area contributed by atoms with E-state index in [0.29, 0.717) is 17.7 Å². The molecule has 0 spiro atoms. The van der Waals surface area contributed by atoms with E-state index in [4.69, 9.17) is 4.98 Å². The average molecular weight is 532 g/mol. The highest BCUT2D eigenvalue weighted by Crippen LogP contribution is 2.33. The quantitative estimate of drug-likeness (QED) is 0.354. The number of fused-ring (bicyclic) bond motifs is 4. The van der Waals surface area contributed by atoms with Crippen molar-refractivity contribution in [3.8, 4) is 5.69 Å². The number of rotatable bonds is 5. The monoisotopic (exact) mass is 531 g/mol. The Morgan fingerprint density at radius 1 is 1.05 bits per heavy atom. The van der Waals surface area contributed by atoms with Crippen molar-refractivity contribution in [2.45, 2.75) is 38.0 Å². The van der Waals surface area contributed by atoms with Gasteiger partial charge < -0.3 is 15.2 Å². The maximum Gasteiger partial charge on any atom is 0.237 e. The van der Waals surface area contributed by atoms with Gasteiger partial charge in [0.05, 0.1) is 10.4 Å². The molecule has 4 heterocycles. The Balaban J connectivity index is 1.27. The van der Waals surface area contributed by atoms with Crippen molar-refractivity contribution in [2.24, 2.45) is 0 Å². The number of hydrogen-bond donors (Lipinski definition) is 3. The topological polar surface area (TPSA) is 104 Å². The van der Waals surface area contributed by atoms with Crippen LogP contribution in [0.3, 0.4) is 0 Å². The number of piperazine rings is 1. The van der Waals surface area contributed by atoms with E-state index in [-0.39, 0.29) is 0 Å². The molecule has 0 amide bonds. The molecule has 1 fully saturated rings. The van der Waals surface area contributed by atoms with E-state index in [1.165, 1.54) is 11.1 Å². The van der Waals surface area contributed by atoms with Gasteiger partial charge in [-0.2, -0.15) is 4.98 Å². The Morgan fingerprint density at radius 2 is 1.92 bits per heavy atom. The molecule has 2 aromatic carbocycles. The summed E-state index contributed by atoms with van der Waals surface area (Å²) in [5.74, 6) is 0.513. The Hall–Kier alpha value is -3.47. The zero-order chi connectivity index (χ0) is 26.5. The summed E-state index contributed by atoms with van der Waals surface area (Å²) in [6.45, 7) is 9.27. The Kier molecular flexibility index (Phi) is 6.13. The minimum atomic E-state index is -3.53. The van der Waals surface area contributed by atoms with Crippen molar-refractivity contribution in [1.82, 2.24) is 24.8 Å². The number of hydrogen-bond acceptors (Lipinski definition) is 7. The first-order valence-electron chi connectivity index (χ1n) is 13.0. The summed E-state index contributed by atoms with van der Waals surface area (Å²) < 4.78 is 29.0. The maximum atomic E-state index is 12.7. The summed E-state index contributed by atoms with van der Waals surface area (Å²) in [5, 5.41) is 7.80. The lowest BCUT2D eigenvalue weighted by Gasteiger charge is -2.41. The summed E-state index contributed by atoms with van der Waals surface area (Å²) in [4.78, 5) is 11.9. The van der Waals surface area contributed by atoms with E-state index in [2.05, 4.69) is 43.4 Å². The lowest BCUT2D eigenvalue weighted by atomic mass is 9.91. The molecule has 4 aromatic rings. The number of benzene rings is 2. The zero-order valence-corrected chi connectivity index (χ0v) is 22.7. The fourth-order valence-electron chi connectivity index (χ4n) is 5.15. The molecule has 0 radical (unpaired) electrons. The van der Waals surface area contributed by atoms with Gasteiger partial charge in [-0.1, -0.05) is 12.1 Å². The minimum Gasteiger partial charge on any atom is -0.324 e. The van der Waals surface area contributed by atoms with Crippen molar-refractivity contribution in [1.29, 1.82) is 0 Å². The van der Waals surface area contributed by atoms with Crippen LogP contribution in [-0.4, -0.2) is 58.8 Å². The summed E-state index contributed by atoms with van der Waals surface area (Å²) in [6, 6.07) is 16.3. The molecule has 1 atom stereocenters. The molecule has 1 saturated heterocycles. The highest BCUT2D eigenvalue weighted by Gasteiger charge is 2.30. The third kappa shape index (κ3) is 4.63. The van der Waals surface area contributed by atoms with Crippen LogP contribution in [0.2, 0.25) is 0 Å². The second-order valence-electron chi connectivity index (χ2n) is 11.0. The molecule has 3 N–H and O–H groups in total. The summed E-state index contributed by atoms with van der Waals surface area (Å²) >= 11 is 0. The lowest BCUT2D eigenvalue weighted by molar-refractivity contribution is 0.152. The number of anilines is 3. The van der Waals surface area contributed by atoms with Gasteiger partial charge in [0.15, 0.2) is 0 Å². The van der Waals surface area contributed by atoms with Crippen molar-refractivity contribution < 1.29 is 8.42 Å². The van der Waals surface area contributed by atoms with Crippen molar-refractivity contribution in [3.05, 3.63) is 72.1 Å². The molecule has 0 aliphatic carbocycles. The first kappa shape index (κ1) is 24.8. The molecule has 2 aromatic heterocycles. The van der Waals surface area contributed by atoms with Gasteiger partial charge in [-0.05, 0) is 74.7 Å². The standard InChI is InChI=1S/C28H33N7O2S/c1-28(2,3)38(36,37)33-22-5-4-6-23(16-22)35-13-10-20-17-30-27(32-26(20)35)31-21-7-8-24-19(15-21)9-12-34-14-11-29-18-25(24)34/h4-8,10,13,15-17,25,29,33H,9,11-12,14,18H2,1-3H3,(H,30,31,32). The van der Waals surface area contributed by atoms with Gasteiger partial charge in [-0.3, -0.25) is 9.62 Å². The van der Waals surface area contributed by atoms with Crippen molar-refractivity contribution in [2.75, 3.05) is 36.2 Å². The predicted octanol–water partition coefficient (Wildman–Crippen LogP) is 4.21. The van der Waals surface area contributed by atoms with Crippen LogP contribution in [0, 0.1) is 0 Å². The molecular formula is C28H33N7O2S. The van der Waals surface area contributed by atoms with Gasteiger partial charge in [0.1, 0.15) is 5.65 Å². The van der Waals surface area contributed by atoms with E-state index in [0.717, 1.165) is 55.0 Å². The Bertz CT molecular complexity index is 1610. The second kappa shape index (κ2) is 9.37. The largest absolute Gasteiger partial charge is 0.324 e. The molecule has 6 rings (SSSR count). The maximum absolute atomic E-state index is 12.7. The van der Waals surface area contributed by atoms with Crippen molar-refractivity contribution in [3.63, 3.8) is 0 Å². The third-order valence-electron chi connectivity index (χ3n) is 7.39. The molecule has 0 saturated carbocycles. The van der Waals surface area contributed by atoms with Gasteiger partial charge in [0, 0.05) is 61.4 Å². The normalized spacial score (nSPS) is 18.1. The third-order valence-corrected chi connectivity index (χ3v) is 9.51. The number of nitrogens with one attached hydrogen (secondary N) is 3. The van der Waals surface area contributed by atoms with Crippen molar-refractivity contribution >= 4 is 38.4 Å². The first-order chi connectivity index (χ1) is 18.2. The number of nitrogens with zero attached hydrogens (tertiary/aromatic N) is 4. The average Bonchev–Trinajstić information content (AvgIpc) is 3.31. The van der Waals surface area contributed by atoms with Crippen LogP contribution in [0.1, 0.15) is 37.9 Å². The molecule has 0 bridgehead atoms. The van der Waals surface area contributed by atoms with Crippen LogP contribution in [0.5, 0.6) is 0 Å². The zero-order valence-electron chi connectivity index (χ0n) is 21.9. The first-order valence-corrected chi connectivity index (χ1v) is 14.5. The van der Waals surface area contributed by atoms with Gasteiger partial charge in [-0.15, -0.1) is 0 Å². The molecule has 2 aliphatic heterocycles. The van der Waals surface area contributed by atoms with Crippen LogP contribution in [0.15, 0.2) is 60.9 Å². The Labute approximate surface area is 223 Å². The molecule has 198 valence electrons. The molecule has 10 heteroatoms. The smallest absolute Gasteiger partial charge is 0.237 e. The van der Waals surface area contributed by atoms with E-state index in [1.54, 1.807) is 33.0 Å².